The van der Waals surface area contributed by atoms with Gasteiger partial charge in [-0.1, -0.05) is 43.2 Å². The lowest BCUT2D eigenvalue weighted by molar-refractivity contribution is -0.141. The molecule has 232 valence electrons. The number of carbonyl (C=O) groups is 4. The summed E-state index contributed by atoms with van der Waals surface area (Å²) < 4.78 is 0. The summed E-state index contributed by atoms with van der Waals surface area (Å²) in [6.07, 6.45) is 3.73. The molecule has 0 amide bonds. The lowest BCUT2D eigenvalue weighted by atomic mass is 10.1. The van der Waals surface area contributed by atoms with E-state index in [-0.39, 0.29) is 0 Å². The van der Waals surface area contributed by atoms with Gasteiger partial charge < -0.3 is 59.9 Å². The quantitative estimate of drug-likeness (QED) is 0.105. The maximum absolute atomic E-state index is 10.4. The maximum atomic E-state index is 10.4. The molecule has 5 atom stereocenters. The monoisotopic (exact) mass is 576 g/mol. The van der Waals surface area contributed by atoms with Gasteiger partial charge in [-0.05, 0) is 57.7 Å². The Hall–Kier alpha value is -3.18. The van der Waals surface area contributed by atoms with Crippen LogP contribution in [0.5, 0.6) is 0 Å². The highest BCUT2D eigenvalue weighted by Crippen LogP contribution is 2.01. The van der Waals surface area contributed by atoms with Gasteiger partial charge in [-0.3, -0.25) is 19.2 Å². The fourth-order valence-electron chi connectivity index (χ4n) is 2.43. The summed E-state index contributed by atoms with van der Waals surface area (Å²) in [7, 11) is 0. The van der Waals surface area contributed by atoms with Crippen molar-refractivity contribution in [3.8, 4) is 0 Å². The van der Waals surface area contributed by atoms with Crippen LogP contribution in [-0.4, -0.2) is 92.8 Å². The van der Waals surface area contributed by atoms with Gasteiger partial charge in [0.25, 0.3) is 0 Å². The topological polar surface area (TPSA) is 326 Å². The van der Waals surface area contributed by atoms with Gasteiger partial charge in [-0.2, -0.15) is 0 Å². The number of carboxylic acids is 4. The number of unbranched alkanes of at least 4 members (excludes halogenated alkanes) is 2. The SMILES string of the molecule is C[C@@H](O)[C@H](N)C(=O)O.NCCCC[C@H](N)C(=O)O.NCCCC[C@H](N)C(=O)O.N[C@@H](Cc1ccccc1)C(=O)O. The van der Waals surface area contributed by atoms with Crippen LogP contribution in [0.2, 0.25) is 0 Å². The summed E-state index contributed by atoms with van der Waals surface area (Å²) in [5, 5.41) is 41.7. The first-order chi connectivity index (χ1) is 18.6. The molecule has 0 unspecified atom stereocenters. The van der Waals surface area contributed by atoms with E-state index in [4.69, 9.17) is 59.9 Å². The van der Waals surface area contributed by atoms with E-state index in [1.807, 2.05) is 30.3 Å². The van der Waals surface area contributed by atoms with Crippen LogP contribution in [0.25, 0.3) is 0 Å². The number of carboxylic acid groups (broad SMARTS) is 4. The Kier molecular flexibility index (Phi) is 26.9. The summed E-state index contributed by atoms with van der Waals surface area (Å²) in [5.74, 6) is -4.01. The molecule has 0 bridgehead atoms. The Morgan fingerprint density at radius 1 is 0.650 bits per heavy atom. The number of rotatable bonds is 15. The molecule has 1 rings (SSSR count). The fourth-order valence-corrected chi connectivity index (χ4v) is 2.43. The van der Waals surface area contributed by atoms with E-state index in [1.54, 1.807) is 0 Å². The standard InChI is InChI=1S/C9H11NO2.2C6H14N2O2.C4H9NO3/c10-8(9(11)12)6-7-4-2-1-3-5-7;2*7-4-2-1-3-5(8)6(9)10;1-2(6)3(5)4(7)8/h1-5,8H,6,10H2,(H,11,12);2*5H,1-4,7-8H2,(H,9,10);2-3,6H,5H2,1H3,(H,7,8)/t8-;2*5-;2-,3+/m0001/s1. The van der Waals surface area contributed by atoms with Crippen molar-refractivity contribution >= 4 is 23.9 Å². The number of benzene rings is 1. The second-order valence-corrected chi connectivity index (χ2v) is 8.70. The van der Waals surface area contributed by atoms with Crippen molar-refractivity contribution < 1.29 is 44.7 Å². The minimum atomic E-state index is -1.18. The zero-order valence-corrected chi connectivity index (χ0v) is 23.0. The molecule has 0 aliphatic carbocycles. The third-order valence-corrected chi connectivity index (χ3v) is 4.99. The van der Waals surface area contributed by atoms with Crippen molar-refractivity contribution in [3.05, 3.63) is 35.9 Å². The Balaban J connectivity index is -0.000000462. The number of aliphatic hydroxyl groups excluding tert-OH is 1. The predicted molar refractivity (Wildman–Crippen MR) is 150 cm³/mol. The van der Waals surface area contributed by atoms with Crippen molar-refractivity contribution in [3.63, 3.8) is 0 Å². The van der Waals surface area contributed by atoms with Gasteiger partial charge in [0.1, 0.15) is 24.2 Å². The number of hydrogen-bond donors (Lipinski definition) is 11. The van der Waals surface area contributed by atoms with Crippen molar-refractivity contribution in [2.24, 2.45) is 34.4 Å². The molecule has 0 fully saturated rings. The highest BCUT2D eigenvalue weighted by atomic mass is 16.4. The second-order valence-electron chi connectivity index (χ2n) is 8.70. The highest BCUT2D eigenvalue weighted by molar-refractivity contribution is 5.74. The first kappa shape index (κ1) is 41.3. The number of hydrogen-bond acceptors (Lipinski definition) is 11. The van der Waals surface area contributed by atoms with E-state index >= 15 is 0 Å². The molecule has 0 aliphatic rings. The van der Waals surface area contributed by atoms with Crippen molar-refractivity contribution in [1.82, 2.24) is 0 Å². The minimum absolute atomic E-state index is 0.385. The van der Waals surface area contributed by atoms with Gasteiger partial charge >= 0.3 is 23.9 Å². The number of aliphatic carboxylic acids is 4. The summed E-state index contributed by atoms with van der Waals surface area (Å²) in [5.41, 5.74) is 32.0. The Morgan fingerprint density at radius 2 is 1.02 bits per heavy atom. The van der Waals surface area contributed by atoms with Gasteiger partial charge in [0.2, 0.25) is 0 Å². The van der Waals surface area contributed by atoms with Crippen LogP contribution in [0.1, 0.15) is 51.0 Å². The lowest BCUT2D eigenvalue weighted by Gasteiger charge is -2.06. The summed E-state index contributed by atoms with van der Waals surface area (Å²) >= 11 is 0. The summed E-state index contributed by atoms with van der Waals surface area (Å²) in [4.78, 5) is 40.5. The zero-order valence-electron chi connectivity index (χ0n) is 23.0. The number of nitrogens with two attached hydrogens (primary N) is 6. The Labute approximate surface area is 234 Å². The summed E-state index contributed by atoms with van der Waals surface area (Å²) in [6.45, 7) is 2.54. The van der Waals surface area contributed by atoms with E-state index in [9.17, 15) is 19.2 Å². The fraction of sp³-hybridized carbons (Fsp3) is 0.600. The van der Waals surface area contributed by atoms with Gasteiger partial charge in [0.15, 0.2) is 0 Å². The van der Waals surface area contributed by atoms with E-state index in [2.05, 4.69) is 0 Å². The molecule has 0 saturated carbocycles. The molecule has 40 heavy (non-hydrogen) atoms. The average Bonchev–Trinajstić information content (AvgIpc) is 2.89. The second kappa shape index (κ2) is 26.1. The van der Waals surface area contributed by atoms with Crippen molar-refractivity contribution in [2.45, 2.75) is 82.1 Å². The van der Waals surface area contributed by atoms with Crippen LogP contribution < -0.4 is 34.4 Å². The molecule has 1 aromatic carbocycles. The van der Waals surface area contributed by atoms with Crippen LogP contribution in [0.15, 0.2) is 30.3 Å². The van der Waals surface area contributed by atoms with E-state index in [0.717, 1.165) is 31.2 Å². The van der Waals surface area contributed by atoms with Crippen LogP contribution >= 0.6 is 0 Å². The van der Waals surface area contributed by atoms with Crippen LogP contribution in [-0.2, 0) is 25.6 Å². The molecule has 0 heterocycles. The Morgan fingerprint density at radius 3 is 1.27 bits per heavy atom. The predicted octanol–water partition coefficient (Wildman–Crippen LogP) is -1.53. The molecular weight excluding hydrogens is 528 g/mol. The van der Waals surface area contributed by atoms with Gasteiger partial charge in [-0.25, -0.2) is 0 Å². The molecule has 0 aromatic heterocycles. The smallest absolute Gasteiger partial charge is 0.323 e. The number of aliphatic hydroxyl groups is 1. The molecule has 17 N–H and O–H groups in total. The molecular formula is C25H48N6O9. The third kappa shape index (κ3) is 26.4. The van der Waals surface area contributed by atoms with Crippen molar-refractivity contribution in [2.75, 3.05) is 13.1 Å². The average molecular weight is 577 g/mol. The van der Waals surface area contributed by atoms with Gasteiger partial charge in [0, 0.05) is 0 Å². The maximum Gasteiger partial charge on any atom is 0.323 e. The normalized spacial score (nSPS) is 13.7. The first-order valence-electron chi connectivity index (χ1n) is 12.7. The van der Waals surface area contributed by atoms with Crippen molar-refractivity contribution in [1.29, 1.82) is 0 Å². The minimum Gasteiger partial charge on any atom is -0.480 e. The molecule has 0 saturated heterocycles. The zero-order chi connectivity index (χ0) is 31.7. The summed E-state index contributed by atoms with van der Waals surface area (Å²) in [6, 6.07) is 5.95. The Bertz CT molecular complexity index is 789. The van der Waals surface area contributed by atoms with Crippen LogP contribution in [0.3, 0.4) is 0 Å². The molecule has 0 spiro atoms. The molecule has 1 aromatic rings. The van der Waals surface area contributed by atoms with Gasteiger partial charge in [-0.15, -0.1) is 0 Å². The van der Waals surface area contributed by atoms with E-state index < -0.39 is 54.1 Å². The van der Waals surface area contributed by atoms with Crippen LogP contribution in [0, 0.1) is 0 Å². The van der Waals surface area contributed by atoms with Crippen LogP contribution in [0.4, 0.5) is 0 Å². The third-order valence-electron chi connectivity index (χ3n) is 4.99. The highest BCUT2D eigenvalue weighted by Gasteiger charge is 2.16. The van der Waals surface area contributed by atoms with Gasteiger partial charge in [0.05, 0.1) is 6.10 Å². The largest absolute Gasteiger partial charge is 0.480 e. The molecule has 15 heteroatoms. The first-order valence-corrected chi connectivity index (χ1v) is 12.7. The van der Waals surface area contributed by atoms with E-state index in [1.165, 1.54) is 6.92 Å². The molecule has 0 radical (unpaired) electrons. The molecule has 15 nitrogen and oxygen atoms in total. The molecule has 0 aliphatic heterocycles. The van der Waals surface area contributed by atoms with E-state index in [0.29, 0.717) is 32.4 Å². The lowest BCUT2D eigenvalue weighted by Crippen LogP contribution is -2.39.